The fourth-order valence-electron chi connectivity index (χ4n) is 3.65. The van der Waals surface area contributed by atoms with Gasteiger partial charge in [0, 0.05) is 67.2 Å². The van der Waals surface area contributed by atoms with Gasteiger partial charge in [-0.15, -0.1) is 0 Å². The molecule has 200 valence electrons. The maximum absolute atomic E-state index is 13.6. The summed E-state index contributed by atoms with van der Waals surface area (Å²) >= 11 is 0. The summed E-state index contributed by atoms with van der Waals surface area (Å²) in [7, 11) is 1.95. The Kier molecular flexibility index (Phi) is 9.55. The van der Waals surface area contributed by atoms with Crippen molar-refractivity contribution >= 4 is 29.3 Å². The van der Waals surface area contributed by atoms with Gasteiger partial charge in [-0.05, 0) is 50.4 Å². The number of primary amides is 1. The molecule has 1 aliphatic rings. The van der Waals surface area contributed by atoms with E-state index in [1.165, 1.54) is 24.5 Å². The van der Waals surface area contributed by atoms with E-state index >= 15 is 0 Å². The number of hydrogen-bond donors (Lipinski definition) is 2. The van der Waals surface area contributed by atoms with Crippen LogP contribution in [-0.4, -0.2) is 59.9 Å². The minimum absolute atomic E-state index is 0.130. The lowest BCUT2D eigenvalue weighted by Gasteiger charge is -2.35. The van der Waals surface area contributed by atoms with E-state index < -0.39 is 23.6 Å². The van der Waals surface area contributed by atoms with Crippen molar-refractivity contribution in [3.05, 3.63) is 89.5 Å². The standard InChI is InChI=1S/C20H22F3N3O.C7H7N3O/c1-14-3-5-15(6-4-14)19(27)24-16-7-8-18(17(13-16)20(21,22)23)26-11-9-25(2)10-12-26;8-7(11)2-1-6-3-9-5-10-4-6/h3-8,13H,9-12H2,1-2H3,(H,24,27);1-5H,(H2,8,11). The van der Waals surface area contributed by atoms with Gasteiger partial charge >= 0.3 is 6.18 Å². The summed E-state index contributed by atoms with van der Waals surface area (Å²) < 4.78 is 40.8. The Labute approximate surface area is 219 Å². The molecule has 38 heavy (non-hydrogen) atoms. The molecule has 3 aromatic rings. The lowest BCUT2D eigenvalue weighted by Crippen LogP contribution is -2.45. The van der Waals surface area contributed by atoms with Crippen LogP contribution in [0.3, 0.4) is 0 Å². The Hall–Kier alpha value is -4.25. The number of nitrogens with zero attached hydrogens (tertiary/aromatic N) is 4. The molecule has 2 heterocycles. The molecule has 2 aromatic carbocycles. The van der Waals surface area contributed by atoms with Crippen LogP contribution in [0.1, 0.15) is 27.0 Å². The van der Waals surface area contributed by atoms with Gasteiger partial charge in [0.05, 0.1) is 5.56 Å². The summed E-state index contributed by atoms with van der Waals surface area (Å²) in [6, 6.07) is 10.8. The highest BCUT2D eigenvalue weighted by atomic mass is 19.4. The lowest BCUT2D eigenvalue weighted by molar-refractivity contribution is -0.137. The van der Waals surface area contributed by atoms with Crippen molar-refractivity contribution in [2.24, 2.45) is 5.73 Å². The van der Waals surface area contributed by atoms with Crippen molar-refractivity contribution in [1.82, 2.24) is 14.9 Å². The molecule has 3 N–H and O–H groups in total. The minimum atomic E-state index is -4.50. The number of alkyl halides is 3. The number of nitrogens with one attached hydrogen (secondary N) is 1. The van der Waals surface area contributed by atoms with Crippen molar-refractivity contribution in [3.8, 4) is 0 Å². The Morgan fingerprint density at radius 2 is 1.63 bits per heavy atom. The zero-order chi connectivity index (χ0) is 27.7. The molecule has 4 rings (SSSR count). The molecule has 0 radical (unpaired) electrons. The highest BCUT2D eigenvalue weighted by Crippen LogP contribution is 2.38. The van der Waals surface area contributed by atoms with E-state index in [4.69, 9.17) is 5.73 Å². The highest BCUT2D eigenvalue weighted by molar-refractivity contribution is 6.04. The molecule has 0 unspecified atom stereocenters. The van der Waals surface area contributed by atoms with Crippen LogP contribution >= 0.6 is 0 Å². The summed E-state index contributed by atoms with van der Waals surface area (Å²) in [6.45, 7) is 4.39. The first-order chi connectivity index (χ1) is 18.0. The lowest BCUT2D eigenvalue weighted by atomic mass is 10.1. The van der Waals surface area contributed by atoms with E-state index in [1.807, 2.05) is 14.0 Å². The van der Waals surface area contributed by atoms with Crippen molar-refractivity contribution < 1.29 is 22.8 Å². The molecule has 8 nitrogen and oxygen atoms in total. The number of piperazine rings is 1. The molecule has 1 aliphatic heterocycles. The topological polar surface area (TPSA) is 104 Å². The van der Waals surface area contributed by atoms with Crippen LogP contribution in [0.15, 0.2) is 67.3 Å². The van der Waals surface area contributed by atoms with E-state index in [0.29, 0.717) is 31.7 Å². The van der Waals surface area contributed by atoms with Crippen LogP contribution in [0.25, 0.3) is 6.08 Å². The van der Waals surface area contributed by atoms with Crippen LogP contribution in [0.5, 0.6) is 0 Å². The number of halogens is 3. The predicted molar refractivity (Wildman–Crippen MR) is 141 cm³/mol. The largest absolute Gasteiger partial charge is 0.418 e. The molecule has 1 fully saturated rings. The summed E-state index contributed by atoms with van der Waals surface area (Å²) in [6.07, 6.45) is 2.92. The van der Waals surface area contributed by atoms with Crippen LogP contribution in [0.2, 0.25) is 0 Å². The van der Waals surface area contributed by atoms with Gasteiger partial charge in [-0.1, -0.05) is 17.7 Å². The van der Waals surface area contributed by atoms with Crippen LogP contribution in [0.4, 0.5) is 24.5 Å². The predicted octanol–water partition coefficient (Wildman–Crippen LogP) is 3.99. The number of benzene rings is 2. The summed E-state index contributed by atoms with van der Waals surface area (Å²) in [5.74, 6) is -0.913. The maximum atomic E-state index is 13.6. The second kappa shape index (κ2) is 12.8. The van der Waals surface area contributed by atoms with Crippen molar-refractivity contribution in [1.29, 1.82) is 0 Å². The third-order valence-corrected chi connectivity index (χ3v) is 5.74. The van der Waals surface area contributed by atoms with Gasteiger partial charge in [0.25, 0.3) is 5.91 Å². The van der Waals surface area contributed by atoms with Gasteiger partial charge in [0.2, 0.25) is 5.91 Å². The van der Waals surface area contributed by atoms with E-state index in [2.05, 4.69) is 20.2 Å². The molecule has 0 saturated carbocycles. The second-order valence-electron chi connectivity index (χ2n) is 8.75. The van der Waals surface area contributed by atoms with Gasteiger partial charge in [0.1, 0.15) is 6.33 Å². The van der Waals surface area contributed by atoms with Crippen molar-refractivity contribution in [2.45, 2.75) is 13.1 Å². The molecular weight excluding hydrogens is 497 g/mol. The molecular formula is C27H29F3N6O2. The van der Waals surface area contributed by atoms with Crippen LogP contribution in [0, 0.1) is 6.92 Å². The zero-order valence-corrected chi connectivity index (χ0v) is 21.1. The zero-order valence-electron chi connectivity index (χ0n) is 21.1. The average molecular weight is 527 g/mol. The maximum Gasteiger partial charge on any atom is 0.418 e. The molecule has 1 saturated heterocycles. The molecule has 2 amide bonds. The highest BCUT2D eigenvalue weighted by Gasteiger charge is 2.35. The molecule has 1 aromatic heterocycles. The SMILES string of the molecule is Cc1ccc(C(=O)Nc2ccc(N3CCN(C)CC3)c(C(F)(F)F)c2)cc1.NC(=O)C=Cc1cncnc1. The monoisotopic (exact) mass is 526 g/mol. The number of likely N-dealkylation sites (N-methyl/N-ethyl adjacent to an activating group) is 1. The first-order valence-corrected chi connectivity index (χ1v) is 11.8. The first kappa shape index (κ1) is 28.3. The number of aryl methyl sites for hydroxylation is 1. The second-order valence-corrected chi connectivity index (χ2v) is 8.75. The fraction of sp³-hybridized carbons (Fsp3) is 0.259. The van der Waals surface area contributed by atoms with Gasteiger partial charge in [-0.3, -0.25) is 9.59 Å². The summed E-state index contributed by atoms with van der Waals surface area (Å²) in [5.41, 5.74) is 6.59. The summed E-state index contributed by atoms with van der Waals surface area (Å²) in [4.78, 5) is 33.9. The quantitative estimate of drug-likeness (QED) is 0.487. The van der Waals surface area contributed by atoms with Crippen molar-refractivity contribution in [3.63, 3.8) is 0 Å². The minimum Gasteiger partial charge on any atom is -0.368 e. The number of hydrogen-bond acceptors (Lipinski definition) is 6. The van der Waals surface area contributed by atoms with Gasteiger partial charge in [0.15, 0.2) is 0 Å². The van der Waals surface area contributed by atoms with E-state index in [9.17, 15) is 22.8 Å². The molecule has 11 heteroatoms. The van der Waals surface area contributed by atoms with Gasteiger partial charge in [-0.2, -0.15) is 13.2 Å². The molecule has 0 aliphatic carbocycles. The average Bonchev–Trinajstić information content (AvgIpc) is 2.89. The smallest absolute Gasteiger partial charge is 0.368 e. The van der Waals surface area contributed by atoms with Gasteiger partial charge in [-0.25, -0.2) is 9.97 Å². The molecule has 0 bridgehead atoms. The Bertz CT molecular complexity index is 1260. The van der Waals surface area contributed by atoms with E-state index in [1.54, 1.807) is 47.6 Å². The third-order valence-electron chi connectivity index (χ3n) is 5.74. The fourth-order valence-corrected chi connectivity index (χ4v) is 3.65. The molecule has 0 atom stereocenters. The normalized spacial score (nSPS) is 14.1. The van der Waals surface area contributed by atoms with Crippen LogP contribution in [-0.2, 0) is 11.0 Å². The van der Waals surface area contributed by atoms with E-state index in [-0.39, 0.29) is 11.4 Å². The number of nitrogens with two attached hydrogens (primary N) is 1. The summed E-state index contributed by atoms with van der Waals surface area (Å²) in [5, 5.41) is 2.56. The van der Waals surface area contributed by atoms with E-state index in [0.717, 1.165) is 17.2 Å². The molecule has 0 spiro atoms. The number of aromatic nitrogens is 2. The Balaban J connectivity index is 0.000000304. The first-order valence-electron chi connectivity index (χ1n) is 11.8. The number of carbonyl (C=O) groups is 2. The number of amides is 2. The number of carbonyl (C=O) groups excluding carboxylic acids is 2. The number of anilines is 2. The Morgan fingerprint density at radius 1 is 1.00 bits per heavy atom. The third kappa shape index (κ3) is 8.41. The van der Waals surface area contributed by atoms with Crippen LogP contribution < -0.4 is 16.0 Å². The Morgan fingerprint density at radius 3 is 2.21 bits per heavy atom. The van der Waals surface area contributed by atoms with Gasteiger partial charge < -0.3 is 20.9 Å². The number of rotatable bonds is 5. The van der Waals surface area contributed by atoms with Crippen molar-refractivity contribution in [2.75, 3.05) is 43.4 Å².